The second-order valence-corrected chi connectivity index (χ2v) is 14.0. The summed E-state index contributed by atoms with van der Waals surface area (Å²) in [6, 6.07) is 0. The van der Waals surface area contributed by atoms with Gasteiger partial charge in [0.05, 0.1) is 12.2 Å². The Hall–Kier alpha value is -1.49. The number of rotatable bonds is 12. The van der Waals surface area contributed by atoms with Crippen molar-refractivity contribution in [1.82, 2.24) is 0 Å². The molecule has 0 aromatic carbocycles. The van der Waals surface area contributed by atoms with Crippen molar-refractivity contribution in [2.24, 2.45) is 40.4 Å². The number of aliphatic hydroxyl groups is 3. The molecule has 0 amide bonds. The third-order valence-electron chi connectivity index (χ3n) is 11.6. The van der Waals surface area contributed by atoms with Gasteiger partial charge in [-0.05, 0) is 104 Å². The Morgan fingerprint density at radius 2 is 1.88 bits per heavy atom. The minimum absolute atomic E-state index is 0.139. The van der Waals surface area contributed by atoms with Crippen LogP contribution in [0.1, 0.15) is 111 Å². The van der Waals surface area contributed by atoms with E-state index in [0.29, 0.717) is 42.8 Å². The summed E-state index contributed by atoms with van der Waals surface area (Å²) < 4.78 is 0. The maximum atomic E-state index is 13.2. The summed E-state index contributed by atoms with van der Waals surface area (Å²) in [7, 11) is 0. The lowest BCUT2D eigenvalue weighted by Gasteiger charge is -2.44. The van der Waals surface area contributed by atoms with Crippen LogP contribution >= 0.6 is 0 Å². The van der Waals surface area contributed by atoms with Gasteiger partial charge in [0.15, 0.2) is 0 Å². The molecular weight excluding hydrogens is 496 g/mol. The van der Waals surface area contributed by atoms with Gasteiger partial charge in [-0.3, -0.25) is 4.79 Å². The molecule has 224 valence electrons. The standard InChI is InChI=1S/C36H56O4/c1-6-7-8-11-33(39)36(20-21-36)29(18-22-37)15-12-24(2)30-16-17-31-27(10-9-19-35(30,31)5)13-14-28-23-32(38)26(4)34(40)25(28)3/h12-15,24,26,29-32,34,37-38,40H,3,6-11,16-23H2,1-2,4-5H3/b15-12+,27-13+,28-14-/t24-,26?,29?,30?,31+,32-,34-,35-/m1/s1. The highest BCUT2D eigenvalue weighted by Gasteiger charge is 2.54. The zero-order valence-corrected chi connectivity index (χ0v) is 25.7. The first-order chi connectivity index (χ1) is 19.1. The number of ketones is 1. The van der Waals surface area contributed by atoms with Crippen molar-refractivity contribution >= 4 is 5.78 Å². The highest BCUT2D eigenvalue weighted by molar-refractivity contribution is 5.88. The highest BCUT2D eigenvalue weighted by atomic mass is 16.3. The number of allylic oxidation sites excluding steroid dienone is 5. The average molecular weight is 553 g/mol. The third-order valence-corrected chi connectivity index (χ3v) is 11.6. The van der Waals surface area contributed by atoms with E-state index in [1.807, 2.05) is 6.92 Å². The van der Waals surface area contributed by atoms with Gasteiger partial charge in [0.2, 0.25) is 0 Å². The summed E-state index contributed by atoms with van der Waals surface area (Å²) in [4.78, 5) is 13.2. The van der Waals surface area contributed by atoms with Crippen LogP contribution in [-0.2, 0) is 4.79 Å². The van der Waals surface area contributed by atoms with Gasteiger partial charge in [0.1, 0.15) is 5.78 Å². The first-order valence-electron chi connectivity index (χ1n) is 16.4. The number of aliphatic hydroxyl groups excluding tert-OH is 3. The predicted molar refractivity (Wildman–Crippen MR) is 164 cm³/mol. The summed E-state index contributed by atoms with van der Waals surface area (Å²) >= 11 is 0. The Kier molecular flexibility index (Phi) is 10.4. The third kappa shape index (κ3) is 6.30. The molecule has 0 aromatic heterocycles. The van der Waals surface area contributed by atoms with Gasteiger partial charge < -0.3 is 15.3 Å². The van der Waals surface area contributed by atoms with Crippen LogP contribution < -0.4 is 0 Å². The number of carbonyl (C=O) groups excluding carboxylic acids is 1. The molecule has 0 saturated heterocycles. The molecule has 3 N–H and O–H groups in total. The Morgan fingerprint density at radius 1 is 1.12 bits per heavy atom. The van der Waals surface area contributed by atoms with Gasteiger partial charge in [0.25, 0.3) is 0 Å². The molecule has 8 atom stereocenters. The van der Waals surface area contributed by atoms with Gasteiger partial charge in [-0.1, -0.05) is 77.0 Å². The van der Waals surface area contributed by atoms with Crippen LogP contribution in [-0.4, -0.2) is 39.9 Å². The molecular formula is C36H56O4. The van der Waals surface area contributed by atoms with Gasteiger partial charge in [-0.15, -0.1) is 0 Å². The van der Waals surface area contributed by atoms with Crippen LogP contribution in [0.4, 0.5) is 0 Å². The van der Waals surface area contributed by atoms with Gasteiger partial charge in [-0.2, -0.15) is 0 Å². The molecule has 4 heteroatoms. The van der Waals surface area contributed by atoms with Gasteiger partial charge in [0, 0.05) is 24.4 Å². The van der Waals surface area contributed by atoms with Crippen molar-refractivity contribution < 1.29 is 20.1 Å². The van der Waals surface area contributed by atoms with Crippen molar-refractivity contribution in [3.8, 4) is 0 Å². The lowest BCUT2D eigenvalue weighted by molar-refractivity contribution is -0.125. The smallest absolute Gasteiger partial charge is 0.139 e. The number of hydrogen-bond donors (Lipinski definition) is 3. The summed E-state index contributed by atoms with van der Waals surface area (Å²) in [5.41, 5.74) is 3.29. The molecule has 0 radical (unpaired) electrons. The molecule has 4 rings (SSSR count). The molecule has 4 fully saturated rings. The summed E-state index contributed by atoms with van der Waals surface area (Å²) in [6.45, 7) is 13.2. The average Bonchev–Trinajstić information content (AvgIpc) is 3.66. The van der Waals surface area contributed by atoms with E-state index >= 15 is 0 Å². The Morgan fingerprint density at radius 3 is 2.55 bits per heavy atom. The van der Waals surface area contributed by atoms with Gasteiger partial charge in [-0.25, -0.2) is 0 Å². The van der Waals surface area contributed by atoms with E-state index in [1.165, 1.54) is 31.3 Å². The Bertz CT molecular complexity index is 1000. The van der Waals surface area contributed by atoms with Crippen molar-refractivity contribution in [3.63, 3.8) is 0 Å². The number of hydrogen-bond acceptors (Lipinski definition) is 4. The molecule has 0 aromatic rings. The van der Waals surface area contributed by atoms with Crippen LogP contribution in [0.25, 0.3) is 0 Å². The normalized spacial score (nSPS) is 37.2. The molecule has 4 saturated carbocycles. The quantitative estimate of drug-likeness (QED) is 0.173. The van der Waals surface area contributed by atoms with E-state index in [1.54, 1.807) is 0 Å². The molecule has 0 heterocycles. The zero-order chi connectivity index (χ0) is 29.1. The fourth-order valence-corrected chi connectivity index (χ4v) is 8.70. The summed E-state index contributed by atoms with van der Waals surface area (Å²) in [6.07, 6.45) is 21.1. The maximum Gasteiger partial charge on any atom is 0.139 e. The molecule has 4 aliphatic rings. The monoisotopic (exact) mass is 552 g/mol. The SMILES string of the molecule is C=C1/C(=C\C=C2/CCC[C@]3(C)C([C@H](C)/C=C/C(CCO)C4(C(=O)CCCCC)CC4)CC[C@@H]23)C[C@@H](O)C(C)[C@@H]1O. The number of carbonyl (C=O) groups is 1. The van der Waals surface area contributed by atoms with E-state index in [2.05, 4.69) is 51.7 Å². The van der Waals surface area contributed by atoms with Crippen LogP contribution in [0.2, 0.25) is 0 Å². The summed E-state index contributed by atoms with van der Waals surface area (Å²) in [5, 5.41) is 30.8. The highest BCUT2D eigenvalue weighted by Crippen LogP contribution is 2.60. The number of unbranched alkanes of at least 4 members (excludes halogenated alkanes) is 2. The van der Waals surface area contributed by atoms with E-state index in [0.717, 1.165) is 49.7 Å². The number of fused-ring (bicyclic) bond motifs is 1. The molecule has 0 bridgehead atoms. The van der Waals surface area contributed by atoms with Crippen molar-refractivity contribution in [2.75, 3.05) is 6.61 Å². The van der Waals surface area contributed by atoms with Crippen LogP contribution in [0.3, 0.4) is 0 Å². The van der Waals surface area contributed by atoms with Crippen LogP contribution in [0.15, 0.2) is 47.6 Å². The molecule has 40 heavy (non-hydrogen) atoms. The maximum absolute atomic E-state index is 13.2. The minimum atomic E-state index is -0.676. The van der Waals surface area contributed by atoms with Crippen molar-refractivity contribution in [3.05, 3.63) is 47.6 Å². The fourth-order valence-electron chi connectivity index (χ4n) is 8.70. The number of Topliss-reactive ketones (excluding diaryl/α,β-unsaturated/α-hetero) is 1. The second kappa shape index (κ2) is 13.2. The first kappa shape index (κ1) is 31.4. The van der Waals surface area contributed by atoms with E-state index in [9.17, 15) is 20.1 Å². The lowest BCUT2D eigenvalue weighted by Crippen LogP contribution is -2.36. The van der Waals surface area contributed by atoms with Gasteiger partial charge >= 0.3 is 0 Å². The van der Waals surface area contributed by atoms with Crippen LogP contribution in [0.5, 0.6) is 0 Å². The Balaban J connectivity index is 1.46. The fraction of sp³-hybridized carbons (Fsp3) is 0.750. The zero-order valence-electron chi connectivity index (χ0n) is 25.7. The van der Waals surface area contributed by atoms with Crippen molar-refractivity contribution in [2.45, 2.75) is 123 Å². The van der Waals surface area contributed by atoms with E-state index < -0.39 is 12.2 Å². The topological polar surface area (TPSA) is 77.8 Å². The predicted octanol–water partition coefficient (Wildman–Crippen LogP) is 7.49. The molecule has 0 spiro atoms. The van der Waals surface area contributed by atoms with Crippen molar-refractivity contribution in [1.29, 1.82) is 0 Å². The van der Waals surface area contributed by atoms with E-state index in [-0.39, 0.29) is 29.3 Å². The Labute approximate surface area is 243 Å². The second-order valence-electron chi connectivity index (χ2n) is 14.0. The summed E-state index contributed by atoms with van der Waals surface area (Å²) in [5.74, 6) is 2.01. The largest absolute Gasteiger partial charge is 0.396 e. The molecule has 4 nitrogen and oxygen atoms in total. The van der Waals surface area contributed by atoms with Crippen LogP contribution in [0, 0.1) is 40.4 Å². The lowest BCUT2D eigenvalue weighted by atomic mass is 9.61. The minimum Gasteiger partial charge on any atom is -0.396 e. The van der Waals surface area contributed by atoms with E-state index in [4.69, 9.17) is 0 Å². The molecule has 3 unspecified atom stereocenters. The molecule has 0 aliphatic heterocycles. The first-order valence-corrected chi connectivity index (χ1v) is 16.4. The molecule has 4 aliphatic carbocycles.